The highest BCUT2D eigenvalue weighted by atomic mass is 32.1. The number of hydrogen-bond acceptors (Lipinski definition) is 3. The van der Waals surface area contributed by atoms with E-state index in [2.05, 4.69) is 10.6 Å². The van der Waals surface area contributed by atoms with Crippen LogP contribution in [0.5, 0.6) is 5.75 Å². The summed E-state index contributed by atoms with van der Waals surface area (Å²) in [5.74, 6) is 0.682. The van der Waals surface area contributed by atoms with Gasteiger partial charge in [0.2, 0.25) is 0 Å². The summed E-state index contributed by atoms with van der Waals surface area (Å²) in [6, 6.07) is 6.81. The highest BCUT2D eigenvalue weighted by Crippen LogP contribution is 2.17. The minimum atomic E-state index is -0.416. The number of methoxy groups -OCH3 is 1. The number of carbonyl (C=O) groups is 1. The van der Waals surface area contributed by atoms with Gasteiger partial charge in [-0.25, -0.2) is 4.79 Å². The van der Waals surface area contributed by atoms with Crippen LogP contribution in [0, 0.1) is 5.41 Å². The highest BCUT2D eigenvalue weighted by Gasteiger charge is 2.21. The number of carbonyl (C=O) groups excluding carboxylic acids is 1. The van der Waals surface area contributed by atoms with Crippen molar-refractivity contribution in [1.29, 1.82) is 0 Å². The van der Waals surface area contributed by atoms with Crippen LogP contribution in [0.3, 0.4) is 0 Å². The fourth-order valence-corrected chi connectivity index (χ4v) is 1.34. The maximum atomic E-state index is 11.7. The summed E-state index contributed by atoms with van der Waals surface area (Å²) in [4.78, 5) is 12.1. The number of ether oxygens (including phenoxy) is 1. The van der Waals surface area contributed by atoms with Crippen LogP contribution in [0.25, 0.3) is 0 Å². The summed E-state index contributed by atoms with van der Waals surface area (Å²) < 4.78 is 5.08. The number of nitrogens with two attached hydrogens (primary N) is 1. The number of nitrogens with one attached hydrogen (secondary N) is 2. The molecule has 0 unspecified atom stereocenters. The molecule has 0 heterocycles. The number of hydrogen-bond donors (Lipinski definition) is 3. The lowest BCUT2D eigenvalue weighted by atomic mass is 9.94. The van der Waals surface area contributed by atoms with Crippen molar-refractivity contribution in [2.24, 2.45) is 11.1 Å². The van der Waals surface area contributed by atoms with E-state index in [-0.39, 0.29) is 6.03 Å². The van der Waals surface area contributed by atoms with E-state index in [1.807, 2.05) is 13.8 Å². The first-order chi connectivity index (χ1) is 8.85. The molecule has 19 heavy (non-hydrogen) atoms. The molecule has 6 heteroatoms. The third-order valence-corrected chi connectivity index (χ3v) is 3.24. The van der Waals surface area contributed by atoms with Crippen molar-refractivity contribution in [3.63, 3.8) is 0 Å². The van der Waals surface area contributed by atoms with Crippen molar-refractivity contribution in [1.82, 2.24) is 5.32 Å². The third kappa shape index (κ3) is 4.75. The molecule has 4 N–H and O–H groups in total. The summed E-state index contributed by atoms with van der Waals surface area (Å²) in [5.41, 5.74) is 5.83. The first-order valence-electron chi connectivity index (χ1n) is 5.84. The van der Waals surface area contributed by atoms with Crippen LogP contribution >= 0.6 is 12.2 Å². The summed E-state index contributed by atoms with van der Waals surface area (Å²) in [6.07, 6.45) is 0. The minimum Gasteiger partial charge on any atom is -0.497 e. The van der Waals surface area contributed by atoms with E-state index in [4.69, 9.17) is 22.7 Å². The smallest absolute Gasteiger partial charge is 0.319 e. The van der Waals surface area contributed by atoms with Gasteiger partial charge in [-0.1, -0.05) is 32.1 Å². The Kier molecular flexibility index (Phi) is 5.11. The maximum Gasteiger partial charge on any atom is 0.319 e. The fourth-order valence-electron chi connectivity index (χ4n) is 1.26. The Morgan fingerprint density at radius 3 is 2.74 bits per heavy atom. The van der Waals surface area contributed by atoms with E-state index >= 15 is 0 Å². The Balaban J connectivity index is 2.54. The van der Waals surface area contributed by atoms with Crippen LogP contribution < -0.4 is 21.1 Å². The van der Waals surface area contributed by atoms with Gasteiger partial charge in [-0.15, -0.1) is 0 Å². The Labute approximate surface area is 118 Å². The SMILES string of the molecule is COc1cccc(NC(=O)NCC(C)(C)C(N)=S)c1. The molecule has 5 nitrogen and oxygen atoms in total. The van der Waals surface area contributed by atoms with Gasteiger partial charge in [-0.2, -0.15) is 0 Å². The zero-order valence-electron chi connectivity index (χ0n) is 11.3. The van der Waals surface area contributed by atoms with Crippen LogP contribution in [-0.2, 0) is 0 Å². The van der Waals surface area contributed by atoms with Gasteiger partial charge in [-0.3, -0.25) is 0 Å². The molecule has 0 fully saturated rings. The van der Waals surface area contributed by atoms with Crippen molar-refractivity contribution in [3.05, 3.63) is 24.3 Å². The molecule has 1 aromatic carbocycles. The van der Waals surface area contributed by atoms with Crippen molar-refractivity contribution < 1.29 is 9.53 Å². The summed E-state index contributed by atoms with van der Waals surface area (Å²) in [5, 5.41) is 5.45. The predicted octanol–water partition coefficient (Wildman–Crippen LogP) is 2.13. The standard InChI is InChI=1S/C13H19N3O2S/c1-13(2,11(14)19)8-15-12(17)16-9-5-4-6-10(7-9)18-3/h4-7H,8H2,1-3H3,(H2,14,19)(H2,15,16,17). The van der Waals surface area contributed by atoms with Gasteiger partial charge in [0.05, 0.1) is 12.1 Å². The molecule has 0 atom stereocenters. The number of urea groups is 1. The van der Waals surface area contributed by atoms with Crippen LogP contribution in [0.1, 0.15) is 13.8 Å². The predicted molar refractivity (Wildman–Crippen MR) is 80.6 cm³/mol. The van der Waals surface area contributed by atoms with Crippen molar-refractivity contribution >= 4 is 28.9 Å². The largest absolute Gasteiger partial charge is 0.497 e. The normalized spacial score (nSPS) is 10.7. The summed E-state index contributed by atoms with van der Waals surface area (Å²) in [7, 11) is 1.57. The van der Waals surface area contributed by atoms with Crippen molar-refractivity contribution in [2.75, 3.05) is 19.0 Å². The van der Waals surface area contributed by atoms with E-state index in [0.29, 0.717) is 23.0 Å². The van der Waals surface area contributed by atoms with E-state index in [1.54, 1.807) is 31.4 Å². The molecule has 1 rings (SSSR count). The molecule has 0 aliphatic carbocycles. The van der Waals surface area contributed by atoms with Crippen molar-refractivity contribution in [3.8, 4) is 5.75 Å². The van der Waals surface area contributed by atoms with Crippen LogP contribution in [0.4, 0.5) is 10.5 Å². The van der Waals surface area contributed by atoms with Gasteiger partial charge >= 0.3 is 6.03 Å². The number of rotatable bonds is 5. The van der Waals surface area contributed by atoms with Crippen molar-refractivity contribution in [2.45, 2.75) is 13.8 Å². The molecular weight excluding hydrogens is 262 g/mol. The Hall–Kier alpha value is -1.82. The van der Waals surface area contributed by atoms with Gasteiger partial charge < -0.3 is 21.1 Å². The van der Waals surface area contributed by atoms with Crippen LogP contribution in [0.15, 0.2) is 24.3 Å². The molecule has 0 radical (unpaired) electrons. The second-order valence-electron chi connectivity index (χ2n) is 4.79. The average Bonchev–Trinajstić information content (AvgIpc) is 2.36. The molecule has 0 aliphatic rings. The molecule has 2 amide bonds. The highest BCUT2D eigenvalue weighted by molar-refractivity contribution is 7.80. The first kappa shape index (κ1) is 15.2. The first-order valence-corrected chi connectivity index (χ1v) is 6.25. The van der Waals surface area contributed by atoms with Gasteiger partial charge in [0.25, 0.3) is 0 Å². The lowest BCUT2D eigenvalue weighted by molar-refractivity contribution is 0.249. The van der Waals surface area contributed by atoms with E-state index < -0.39 is 5.41 Å². The van der Waals surface area contributed by atoms with E-state index in [9.17, 15) is 4.79 Å². The molecular formula is C13H19N3O2S. The van der Waals surface area contributed by atoms with Crippen LogP contribution in [0.2, 0.25) is 0 Å². The Morgan fingerprint density at radius 1 is 1.47 bits per heavy atom. The Bertz CT molecular complexity index is 475. The van der Waals surface area contributed by atoms with E-state index in [1.165, 1.54) is 0 Å². The number of benzene rings is 1. The number of amides is 2. The topological polar surface area (TPSA) is 76.4 Å². The zero-order chi connectivity index (χ0) is 14.5. The second kappa shape index (κ2) is 6.38. The molecule has 0 spiro atoms. The fraction of sp³-hybridized carbons (Fsp3) is 0.385. The number of anilines is 1. The summed E-state index contributed by atoms with van der Waals surface area (Å²) >= 11 is 4.94. The molecule has 0 bridgehead atoms. The number of thiocarbonyl (C=S) groups is 1. The molecule has 0 aliphatic heterocycles. The van der Waals surface area contributed by atoms with Gasteiger partial charge in [0, 0.05) is 23.7 Å². The maximum absolute atomic E-state index is 11.7. The minimum absolute atomic E-state index is 0.308. The molecule has 0 aromatic heterocycles. The second-order valence-corrected chi connectivity index (χ2v) is 5.23. The lowest BCUT2D eigenvalue weighted by Gasteiger charge is -2.23. The molecule has 0 saturated carbocycles. The third-order valence-electron chi connectivity index (χ3n) is 2.69. The monoisotopic (exact) mass is 281 g/mol. The van der Waals surface area contributed by atoms with Gasteiger partial charge in [0.15, 0.2) is 0 Å². The van der Waals surface area contributed by atoms with Crippen LogP contribution in [-0.4, -0.2) is 24.7 Å². The molecule has 0 saturated heterocycles. The molecule has 104 valence electrons. The average molecular weight is 281 g/mol. The van der Waals surface area contributed by atoms with Gasteiger partial charge in [0.1, 0.15) is 5.75 Å². The quantitative estimate of drug-likeness (QED) is 0.723. The van der Waals surface area contributed by atoms with Gasteiger partial charge in [-0.05, 0) is 12.1 Å². The van der Waals surface area contributed by atoms with E-state index in [0.717, 1.165) is 0 Å². The Morgan fingerprint density at radius 2 is 2.16 bits per heavy atom. The summed E-state index contributed by atoms with van der Waals surface area (Å²) in [6.45, 7) is 4.13. The molecule has 1 aromatic rings. The zero-order valence-corrected chi connectivity index (χ0v) is 12.1. The lowest BCUT2D eigenvalue weighted by Crippen LogP contribution is -2.42.